The summed E-state index contributed by atoms with van der Waals surface area (Å²) in [6, 6.07) is 5.68. The van der Waals surface area contributed by atoms with Gasteiger partial charge in [0.2, 0.25) is 0 Å². The van der Waals surface area contributed by atoms with E-state index in [1.165, 1.54) is 0 Å². The van der Waals surface area contributed by atoms with E-state index < -0.39 is 11.8 Å². The maximum Gasteiger partial charge on any atom is 0.509 e. The lowest BCUT2D eigenvalue weighted by atomic mass is 9.92. The van der Waals surface area contributed by atoms with Crippen LogP contribution in [0.3, 0.4) is 0 Å². The number of piperidine rings is 1. The van der Waals surface area contributed by atoms with Crippen molar-refractivity contribution in [1.29, 1.82) is 0 Å². The number of nitrogens with zero attached hydrogens (tertiary/aromatic N) is 6. The lowest BCUT2D eigenvalue weighted by Gasteiger charge is -2.37. The summed E-state index contributed by atoms with van der Waals surface area (Å²) in [5.74, 6) is 1.42. The average Bonchev–Trinajstić information content (AvgIpc) is 3.22. The van der Waals surface area contributed by atoms with E-state index in [0.29, 0.717) is 38.4 Å². The molecule has 1 spiro atoms. The summed E-state index contributed by atoms with van der Waals surface area (Å²) in [6.07, 6.45) is 2.56. The number of rotatable bonds is 2. The number of hydrogen-bond acceptors (Lipinski definition) is 8. The summed E-state index contributed by atoms with van der Waals surface area (Å²) in [7, 11) is 1.88. The number of carbonyl (C=O) groups is 1. The molecule has 0 aromatic carbocycles. The molecule has 0 N–H and O–H groups in total. The zero-order valence-corrected chi connectivity index (χ0v) is 15.8. The van der Waals surface area contributed by atoms with Crippen molar-refractivity contribution in [1.82, 2.24) is 24.7 Å². The van der Waals surface area contributed by atoms with Crippen molar-refractivity contribution in [3.05, 3.63) is 30.1 Å². The monoisotopic (exact) mass is 380 g/mol. The highest BCUT2D eigenvalue weighted by Gasteiger charge is 2.45. The van der Waals surface area contributed by atoms with Crippen molar-refractivity contribution >= 4 is 23.0 Å². The van der Waals surface area contributed by atoms with Crippen LogP contribution in [0.2, 0.25) is 0 Å². The van der Waals surface area contributed by atoms with Crippen LogP contribution >= 0.6 is 0 Å². The first-order chi connectivity index (χ1) is 13.5. The van der Waals surface area contributed by atoms with Gasteiger partial charge in [0, 0.05) is 39.2 Å². The van der Waals surface area contributed by atoms with Gasteiger partial charge in [0.25, 0.3) is 0 Å². The molecule has 0 unspecified atom stereocenters. The van der Waals surface area contributed by atoms with Gasteiger partial charge in [-0.25, -0.2) is 14.8 Å². The first-order valence-electron chi connectivity index (χ1n) is 9.28. The Morgan fingerprint density at radius 1 is 1.18 bits per heavy atom. The number of aryl methyl sites for hydroxylation is 2. The molecule has 0 atom stereocenters. The fourth-order valence-electron chi connectivity index (χ4n) is 3.95. The van der Waals surface area contributed by atoms with Crippen molar-refractivity contribution in [2.75, 3.05) is 24.6 Å². The third kappa shape index (κ3) is 2.65. The quantitative estimate of drug-likeness (QED) is 0.625. The van der Waals surface area contributed by atoms with Gasteiger partial charge in [0.05, 0.1) is 11.1 Å². The molecular weight excluding hydrogens is 360 g/mol. The minimum absolute atomic E-state index is 0.323. The lowest BCUT2D eigenvalue weighted by molar-refractivity contribution is 0.0366. The van der Waals surface area contributed by atoms with Gasteiger partial charge in [-0.2, -0.15) is 5.10 Å². The highest BCUT2D eigenvalue weighted by Crippen LogP contribution is 2.36. The number of aromatic nitrogens is 5. The third-order valence-electron chi connectivity index (χ3n) is 5.46. The van der Waals surface area contributed by atoms with Gasteiger partial charge >= 0.3 is 6.16 Å². The van der Waals surface area contributed by atoms with Gasteiger partial charge in [-0.15, -0.1) is 0 Å². The molecule has 5 rings (SSSR count). The summed E-state index contributed by atoms with van der Waals surface area (Å²) >= 11 is 0. The highest BCUT2D eigenvalue weighted by atomic mass is 16.8. The van der Waals surface area contributed by atoms with Crippen LogP contribution in [0.5, 0.6) is 0 Å². The predicted octanol–water partition coefficient (Wildman–Crippen LogP) is 2.24. The SMILES string of the molecule is Cc1nn(C)c2nc(-c3ccccn3)nc(N3CCC4(CC3)COC(=O)O4)c12. The van der Waals surface area contributed by atoms with Gasteiger partial charge in [0.1, 0.15) is 18.1 Å². The van der Waals surface area contributed by atoms with Crippen LogP contribution in [0.15, 0.2) is 24.4 Å². The van der Waals surface area contributed by atoms with Gasteiger partial charge in [-0.1, -0.05) is 6.07 Å². The molecule has 3 aromatic heterocycles. The van der Waals surface area contributed by atoms with Crippen molar-refractivity contribution in [2.24, 2.45) is 7.05 Å². The standard InChI is InChI=1S/C19H20N6O3/c1-12-14-16(24(2)23-12)21-15(13-5-3-4-8-20-13)22-17(14)25-9-6-19(7-10-25)11-27-18(26)28-19/h3-5,8H,6-7,9-11H2,1-2H3. The molecule has 28 heavy (non-hydrogen) atoms. The number of pyridine rings is 1. The number of cyclic esters (lactones) is 1. The molecular formula is C19H20N6O3. The zero-order chi connectivity index (χ0) is 19.3. The van der Waals surface area contributed by atoms with Crippen molar-refractivity contribution in [3.8, 4) is 11.5 Å². The molecule has 0 bridgehead atoms. The van der Waals surface area contributed by atoms with Gasteiger partial charge in [-0.05, 0) is 19.1 Å². The lowest BCUT2D eigenvalue weighted by Crippen LogP contribution is -2.46. The average molecular weight is 380 g/mol. The molecule has 0 radical (unpaired) electrons. The second-order valence-corrected chi connectivity index (χ2v) is 7.30. The van der Waals surface area contributed by atoms with E-state index in [2.05, 4.69) is 15.0 Å². The third-order valence-corrected chi connectivity index (χ3v) is 5.46. The second-order valence-electron chi connectivity index (χ2n) is 7.30. The number of anilines is 1. The minimum Gasteiger partial charge on any atom is -0.430 e. The van der Waals surface area contributed by atoms with Crippen molar-refractivity contribution < 1.29 is 14.3 Å². The molecule has 2 fully saturated rings. The van der Waals surface area contributed by atoms with E-state index in [1.807, 2.05) is 32.2 Å². The predicted molar refractivity (Wildman–Crippen MR) is 101 cm³/mol. The zero-order valence-electron chi connectivity index (χ0n) is 15.8. The molecule has 5 heterocycles. The molecule has 144 valence electrons. The van der Waals surface area contributed by atoms with E-state index in [-0.39, 0.29) is 0 Å². The van der Waals surface area contributed by atoms with E-state index >= 15 is 0 Å². The van der Waals surface area contributed by atoms with Crippen molar-refractivity contribution in [3.63, 3.8) is 0 Å². The Labute approximate surface area is 161 Å². The second kappa shape index (κ2) is 6.15. The molecule has 2 aliphatic heterocycles. The van der Waals surface area contributed by atoms with E-state index in [4.69, 9.17) is 19.4 Å². The van der Waals surface area contributed by atoms with Crippen LogP contribution < -0.4 is 4.90 Å². The highest BCUT2D eigenvalue weighted by molar-refractivity contribution is 5.91. The van der Waals surface area contributed by atoms with Crippen LogP contribution in [0.25, 0.3) is 22.6 Å². The number of fused-ring (bicyclic) bond motifs is 1. The van der Waals surface area contributed by atoms with Gasteiger partial charge in [0.15, 0.2) is 17.1 Å². The van der Waals surface area contributed by atoms with Crippen LogP contribution in [0.1, 0.15) is 18.5 Å². The summed E-state index contributed by atoms with van der Waals surface area (Å²) in [4.78, 5) is 27.6. The molecule has 0 aliphatic carbocycles. The molecule has 2 aliphatic rings. The molecule has 9 nitrogen and oxygen atoms in total. The maximum absolute atomic E-state index is 11.4. The molecule has 0 saturated carbocycles. The first-order valence-corrected chi connectivity index (χ1v) is 9.28. The molecule has 2 saturated heterocycles. The van der Waals surface area contributed by atoms with Crippen molar-refractivity contribution in [2.45, 2.75) is 25.4 Å². The Morgan fingerprint density at radius 3 is 2.68 bits per heavy atom. The van der Waals surface area contributed by atoms with E-state index in [0.717, 1.165) is 28.2 Å². The summed E-state index contributed by atoms with van der Waals surface area (Å²) in [5.41, 5.74) is 1.87. The van der Waals surface area contributed by atoms with Gasteiger partial charge in [-0.3, -0.25) is 9.67 Å². The van der Waals surface area contributed by atoms with Crippen LogP contribution in [0, 0.1) is 6.92 Å². The Kier molecular flexibility index (Phi) is 3.71. The number of ether oxygens (including phenoxy) is 2. The van der Waals surface area contributed by atoms with Crippen LogP contribution in [-0.2, 0) is 16.5 Å². The number of carbonyl (C=O) groups excluding carboxylic acids is 1. The Morgan fingerprint density at radius 2 is 2.00 bits per heavy atom. The van der Waals surface area contributed by atoms with Crippen LogP contribution in [0.4, 0.5) is 10.6 Å². The first kappa shape index (κ1) is 16.9. The molecule has 9 heteroatoms. The fourth-order valence-corrected chi connectivity index (χ4v) is 3.95. The Balaban J connectivity index is 1.56. The van der Waals surface area contributed by atoms with Crippen LogP contribution in [-0.4, -0.2) is 56.2 Å². The fraction of sp³-hybridized carbons (Fsp3) is 0.421. The smallest absolute Gasteiger partial charge is 0.430 e. The normalized spacial score (nSPS) is 18.5. The largest absolute Gasteiger partial charge is 0.509 e. The molecule has 3 aromatic rings. The maximum atomic E-state index is 11.4. The van der Waals surface area contributed by atoms with E-state index in [9.17, 15) is 4.79 Å². The Bertz CT molecular complexity index is 1060. The summed E-state index contributed by atoms with van der Waals surface area (Å²) < 4.78 is 12.2. The Hall–Kier alpha value is -3.23. The summed E-state index contributed by atoms with van der Waals surface area (Å²) in [5, 5.41) is 5.48. The van der Waals surface area contributed by atoms with E-state index in [1.54, 1.807) is 10.9 Å². The minimum atomic E-state index is -0.571. The molecule has 0 amide bonds. The van der Waals surface area contributed by atoms with Gasteiger partial charge < -0.3 is 14.4 Å². The number of hydrogen-bond donors (Lipinski definition) is 0. The summed E-state index contributed by atoms with van der Waals surface area (Å²) in [6.45, 7) is 3.70. The topological polar surface area (TPSA) is 95.3 Å².